The largest absolute Gasteiger partial charge is 0.466 e. The van der Waals surface area contributed by atoms with E-state index in [-0.39, 0.29) is 11.9 Å². The SMILES string of the molecule is CCOC(=O)C1CCN(C(=S)Nc2ccc3nc4c5cccnc5c5ncccc5c4nc3c2)CC1. The Morgan fingerprint density at radius 1 is 0.972 bits per heavy atom. The van der Waals surface area contributed by atoms with Crippen molar-refractivity contribution in [3.63, 3.8) is 0 Å². The molecule has 1 aliphatic rings. The minimum atomic E-state index is -0.109. The summed E-state index contributed by atoms with van der Waals surface area (Å²) < 4.78 is 5.17. The summed E-state index contributed by atoms with van der Waals surface area (Å²) in [5.41, 5.74) is 5.66. The molecule has 1 saturated heterocycles. The second kappa shape index (κ2) is 9.23. The van der Waals surface area contributed by atoms with Crippen LogP contribution < -0.4 is 5.32 Å². The molecule has 0 saturated carbocycles. The molecule has 4 heterocycles. The van der Waals surface area contributed by atoms with Crippen LogP contribution >= 0.6 is 12.2 Å². The van der Waals surface area contributed by atoms with Crippen LogP contribution in [-0.4, -0.2) is 55.6 Å². The Morgan fingerprint density at radius 3 is 2.25 bits per heavy atom. The van der Waals surface area contributed by atoms with Crippen LogP contribution in [0.2, 0.25) is 0 Å². The second-order valence-electron chi connectivity index (χ2n) is 8.87. The summed E-state index contributed by atoms with van der Waals surface area (Å²) in [6, 6.07) is 13.7. The van der Waals surface area contributed by atoms with Crippen LogP contribution in [0, 0.1) is 5.92 Å². The smallest absolute Gasteiger partial charge is 0.309 e. The monoisotopic (exact) mass is 496 g/mol. The van der Waals surface area contributed by atoms with Crippen molar-refractivity contribution < 1.29 is 9.53 Å². The van der Waals surface area contributed by atoms with Gasteiger partial charge in [0.1, 0.15) is 0 Å². The van der Waals surface area contributed by atoms with E-state index in [0.29, 0.717) is 24.8 Å². The van der Waals surface area contributed by atoms with Crippen molar-refractivity contribution >= 4 is 72.9 Å². The molecule has 0 aliphatic carbocycles. The Balaban J connectivity index is 1.31. The number of carbonyl (C=O) groups excluding carboxylic acids is 1. The average Bonchev–Trinajstić information content (AvgIpc) is 2.92. The van der Waals surface area contributed by atoms with Gasteiger partial charge in [0.05, 0.1) is 45.6 Å². The molecule has 180 valence electrons. The fourth-order valence-corrected chi connectivity index (χ4v) is 5.16. The fourth-order valence-electron chi connectivity index (χ4n) is 4.86. The molecule has 0 radical (unpaired) electrons. The van der Waals surface area contributed by atoms with E-state index in [1.165, 1.54) is 0 Å². The van der Waals surface area contributed by atoms with E-state index >= 15 is 0 Å². The van der Waals surface area contributed by atoms with Crippen LogP contribution in [0.1, 0.15) is 19.8 Å². The number of hydrogen-bond acceptors (Lipinski definition) is 7. The Kier molecular flexibility index (Phi) is 5.77. The molecule has 8 nitrogen and oxygen atoms in total. The molecular weight excluding hydrogens is 472 g/mol. The highest BCUT2D eigenvalue weighted by Crippen LogP contribution is 2.32. The Bertz CT molecular complexity index is 1650. The summed E-state index contributed by atoms with van der Waals surface area (Å²) in [6.07, 6.45) is 5.02. The van der Waals surface area contributed by atoms with Crippen molar-refractivity contribution in [2.75, 3.05) is 25.0 Å². The molecule has 2 aromatic carbocycles. The molecule has 1 aliphatic heterocycles. The number of pyridine rings is 2. The number of piperidine rings is 1. The zero-order valence-corrected chi connectivity index (χ0v) is 20.6. The lowest BCUT2D eigenvalue weighted by Crippen LogP contribution is -2.42. The molecule has 9 heteroatoms. The molecule has 3 aromatic heterocycles. The number of rotatable bonds is 3. The van der Waals surface area contributed by atoms with Gasteiger partial charge >= 0.3 is 5.97 Å². The maximum atomic E-state index is 12.0. The van der Waals surface area contributed by atoms with Gasteiger partial charge in [-0.15, -0.1) is 0 Å². The lowest BCUT2D eigenvalue weighted by Gasteiger charge is -2.32. The fraction of sp³-hybridized carbons (Fsp3) is 0.259. The molecule has 1 fully saturated rings. The van der Waals surface area contributed by atoms with Gasteiger partial charge in [0.2, 0.25) is 0 Å². The van der Waals surface area contributed by atoms with Crippen LogP contribution in [0.15, 0.2) is 54.9 Å². The number of carbonyl (C=O) groups is 1. The third-order valence-corrected chi connectivity index (χ3v) is 7.03. The first kappa shape index (κ1) is 22.5. The Labute approximate surface area is 212 Å². The molecule has 0 atom stereocenters. The zero-order chi connectivity index (χ0) is 24.6. The molecule has 1 N–H and O–H groups in total. The number of nitrogens with one attached hydrogen (secondary N) is 1. The van der Waals surface area contributed by atoms with Gasteiger partial charge in [-0.3, -0.25) is 14.8 Å². The summed E-state index contributed by atoms with van der Waals surface area (Å²) in [5.74, 6) is -0.161. The topological polar surface area (TPSA) is 93.1 Å². The van der Waals surface area contributed by atoms with Crippen molar-refractivity contribution in [1.82, 2.24) is 24.8 Å². The normalized spacial score (nSPS) is 14.5. The molecule has 36 heavy (non-hydrogen) atoms. The maximum Gasteiger partial charge on any atom is 0.309 e. The van der Waals surface area contributed by atoms with Gasteiger partial charge in [0.25, 0.3) is 0 Å². The van der Waals surface area contributed by atoms with Gasteiger partial charge in [-0.05, 0) is 74.4 Å². The minimum Gasteiger partial charge on any atom is -0.466 e. The van der Waals surface area contributed by atoms with Crippen molar-refractivity contribution in [3.05, 3.63) is 54.9 Å². The highest BCUT2D eigenvalue weighted by atomic mass is 32.1. The van der Waals surface area contributed by atoms with Crippen LogP contribution in [0.25, 0.3) is 43.9 Å². The number of benzene rings is 2. The van der Waals surface area contributed by atoms with Crippen LogP contribution in [0.3, 0.4) is 0 Å². The number of aromatic nitrogens is 4. The van der Waals surface area contributed by atoms with E-state index in [1.807, 2.05) is 49.4 Å². The molecule has 0 unspecified atom stereocenters. The highest BCUT2D eigenvalue weighted by molar-refractivity contribution is 7.80. The number of anilines is 1. The van der Waals surface area contributed by atoms with Gasteiger partial charge in [-0.2, -0.15) is 0 Å². The second-order valence-corrected chi connectivity index (χ2v) is 9.25. The molecule has 5 aromatic rings. The minimum absolute atomic E-state index is 0.0520. The summed E-state index contributed by atoms with van der Waals surface area (Å²) in [5, 5.41) is 5.83. The van der Waals surface area contributed by atoms with Crippen LogP contribution in [-0.2, 0) is 9.53 Å². The van der Waals surface area contributed by atoms with E-state index in [4.69, 9.17) is 26.9 Å². The van der Waals surface area contributed by atoms with E-state index in [1.54, 1.807) is 12.4 Å². The van der Waals surface area contributed by atoms with Gasteiger partial charge in [-0.1, -0.05) is 0 Å². The lowest BCUT2D eigenvalue weighted by atomic mass is 9.97. The van der Waals surface area contributed by atoms with Gasteiger partial charge in [-0.25, -0.2) is 9.97 Å². The summed E-state index contributed by atoms with van der Waals surface area (Å²) >= 11 is 5.67. The molecule has 0 spiro atoms. The maximum absolute atomic E-state index is 12.0. The quantitative estimate of drug-likeness (QED) is 0.163. The highest BCUT2D eigenvalue weighted by Gasteiger charge is 2.27. The third-order valence-electron chi connectivity index (χ3n) is 6.67. The number of esters is 1. The first-order valence-corrected chi connectivity index (χ1v) is 12.5. The number of fused-ring (bicyclic) bond motifs is 7. The molecular formula is C27H24N6O2S. The van der Waals surface area contributed by atoms with Crippen LogP contribution in [0.5, 0.6) is 0 Å². The van der Waals surface area contributed by atoms with E-state index in [0.717, 1.165) is 62.4 Å². The average molecular weight is 497 g/mol. The number of ether oxygens (including phenoxy) is 1. The summed E-state index contributed by atoms with van der Waals surface area (Å²) in [7, 11) is 0. The van der Waals surface area contributed by atoms with Crippen LogP contribution in [0.4, 0.5) is 5.69 Å². The lowest BCUT2D eigenvalue weighted by molar-refractivity contribution is -0.149. The predicted molar refractivity (Wildman–Crippen MR) is 145 cm³/mol. The van der Waals surface area contributed by atoms with Crippen molar-refractivity contribution in [2.45, 2.75) is 19.8 Å². The Hall–Kier alpha value is -3.98. The zero-order valence-electron chi connectivity index (χ0n) is 19.8. The summed E-state index contributed by atoms with van der Waals surface area (Å²) in [4.78, 5) is 33.2. The number of nitrogens with zero attached hydrogens (tertiary/aromatic N) is 5. The van der Waals surface area contributed by atoms with Gasteiger partial charge < -0.3 is 15.0 Å². The van der Waals surface area contributed by atoms with Gasteiger partial charge in [0.15, 0.2) is 5.11 Å². The summed E-state index contributed by atoms with van der Waals surface area (Å²) in [6.45, 7) is 3.68. The Morgan fingerprint density at radius 2 is 1.61 bits per heavy atom. The van der Waals surface area contributed by atoms with E-state index in [2.05, 4.69) is 20.2 Å². The van der Waals surface area contributed by atoms with Crippen molar-refractivity contribution in [2.24, 2.45) is 5.92 Å². The number of likely N-dealkylation sites (tertiary alicyclic amines) is 1. The first-order valence-electron chi connectivity index (χ1n) is 12.1. The van der Waals surface area contributed by atoms with Crippen molar-refractivity contribution in [1.29, 1.82) is 0 Å². The number of hydrogen-bond donors (Lipinski definition) is 1. The number of thiocarbonyl (C=S) groups is 1. The molecule has 6 rings (SSSR count). The molecule has 0 amide bonds. The standard InChI is InChI=1S/C27H24N6O2S/c1-2-35-26(34)16-9-13-33(14-10-16)27(36)30-17-7-8-20-21(15-17)32-25-19-6-4-12-29-23(19)22-18(24(25)31-20)5-3-11-28-22/h3-8,11-12,15-16H,2,9-10,13-14H2,1H3,(H,30,36). The van der Waals surface area contributed by atoms with E-state index in [9.17, 15) is 4.79 Å². The van der Waals surface area contributed by atoms with Crippen molar-refractivity contribution in [3.8, 4) is 0 Å². The molecule has 0 bridgehead atoms. The van der Waals surface area contributed by atoms with Gasteiger partial charge in [0, 0.05) is 41.9 Å². The first-order chi connectivity index (χ1) is 17.6. The predicted octanol–water partition coefficient (Wildman–Crippen LogP) is 4.85. The van der Waals surface area contributed by atoms with E-state index < -0.39 is 0 Å². The third kappa shape index (κ3) is 3.95.